The highest BCUT2D eigenvalue weighted by Gasteiger charge is 2.26. The van der Waals surface area contributed by atoms with Crippen LogP contribution in [0.1, 0.15) is 33.1 Å². The summed E-state index contributed by atoms with van der Waals surface area (Å²) in [5.41, 5.74) is 0. The average molecular weight is 226 g/mol. The minimum Gasteiger partial charge on any atom is -0.381 e. The van der Waals surface area contributed by atoms with Gasteiger partial charge in [0, 0.05) is 25.2 Å². The van der Waals surface area contributed by atoms with Crippen molar-refractivity contribution in [2.75, 3.05) is 32.8 Å². The van der Waals surface area contributed by atoms with Crippen LogP contribution in [0.2, 0.25) is 0 Å². The molecule has 2 fully saturated rings. The van der Waals surface area contributed by atoms with E-state index in [1.807, 2.05) is 0 Å². The number of nitrogens with one attached hydrogen (secondary N) is 1. The zero-order chi connectivity index (χ0) is 11.4. The fourth-order valence-corrected chi connectivity index (χ4v) is 2.93. The summed E-state index contributed by atoms with van der Waals surface area (Å²) in [5, 5.41) is 3.80. The van der Waals surface area contributed by atoms with E-state index in [1.165, 1.54) is 38.9 Å². The molecule has 0 amide bonds. The van der Waals surface area contributed by atoms with E-state index in [1.54, 1.807) is 0 Å². The Kier molecular flexibility index (Phi) is 4.62. The molecule has 16 heavy (non-hydrogen) atoms. The van der Waals surface area contributed by atoms with E-state index in [4.69, 9.17) is 4.74 Å². The van der Waals surface area contributed by atoms with Crippen molar-refractivity contribution in [2.45, 2.75) is 45.2 Å². The van der Waals surface area contributed by atoms with Crippen LogP contribution >= 0.6 is 0 Å². The van der Waals surface area contributed by atoms with E-state index in [0.717, 1.165) is 19.1 Å². The maximum atomic E-state index is 5.46. The van der Waals surface area contributed by atoms with Crippen LogP contribution in [0.4, 0.5) is 0 Å². The van der Waals surface area contributed by atoms with Crippen molar-refractivity contribution in [3.63, 3.8) is 0 Å². The SMILES string of the molecule is CCN1CCCC(NC(C)C2CCOC2)C1. The summed E-state index contributed by atoms with van der Waals surface area (Å²) in [6.07, 6.45) is 3.92. The molecule has 0 saturated carbocycles. The van der Waals surface area contributed by atoms with Gasteiger partial charge in [-0.05, 0) is 45.2 Å². The molecule has 0 aromatic rings. The van der Waals surface area contributed by atoms with Crippen molar-refractivity contribution in [3.05, 3.63) is 0 Å². The van der Waals surface area contributed by atoms with Gasteiger partial charge in [0.25, 0.3) is 0 Å². The summed E-state index contributed by atoms with van der Waals surface area (Å²) in [7, 11) is 0. The van der Waals surface area contributed by atoms with Gasteiger partial charge < -0.3 is 15.0 Å². The Morgan fingerprint density at radius 1 is 1.44 bits per heavy atom. The predicted octanol–water partition coefficient (Wildman–Crippen LogP) is 1.49. The Labute approximate surface area is 99.5 Å². The van der Waals surface area contributed by atoms with Crippen molar-refractivity contribution >= 4 is 0 Å². The number of ether oxygens (including phenoxy) is 1. The second kappa shape index (κ2) is 5.99. The molecule has 3 atom stereocenters. The number of piperidine rings is 1. The molecular weight excluding hydrogens is 200 g/mol. The Hall–Kier alpha value is -0.120. The van der Waals surface area contributed by atoms with Gasteiger partial charge in [0.2, 0.25) is 0 Å². The second-order valence-electron chi connectivity index (χ2n) is 5.31. The van der Waals surface area contributed by atoms with E-state index in [0.29, 0.717) is 12.1 Å². The highest BCUT2D eigenvalue weighted by Crippen LogP contribution is 2.18. The smallest absolute Gasteiger partial charge is 0.0509 e. The zero-order valence-corrected chi connectivity index (χ0v) is 10.7. The van der Waals surface area contributed by atoms with E-state index < -0.39 is 0 Å². The van der Waals surface area contributed by atoms with Gasteiger partial charge in [0.05, 0.1) is 6.61 Å². The minimum atomic E-state index is 0.615. The minimum absolute atomic E-state index is 0.615. The van der Waals surface area contributed by atoms with Crippen molar-refractivity contribution in [3.8, 4) is 0 Å². The molecule has 0 radical (unpaired) electrons. The van der Waals surface area contributed by atoms with Gasteiger partial charge in [-0.1, -0.05) is 6.92 Å². The lowest BCUT2D eigenvalue weighted by atomic mass is 9.97. The fourth-order valence-electron chi connectivity index (χ4n) is 2.93. The van der Waals surface area contributed by atoms with E-state index in [9.17, 15) is 0 Å². The molecule has 2 heterocycles. The number of likely N-dealkylation sites (N-methyl/N-ethyl adjacent to an activating group) is 1. The molecular formula is C13H26N2O. The standard InChI is InChI=1S/C13H26N2O/c1-3-15-7-4-5-13(9-15)14-11(2)12-6-8-16-10-12/h11-14H,3-10H2,1-2H3. The fraction of sp³-hybridized carbons (Fsp3) is 1.00. The lowest BCUT2D eigenvalue weighted by Gasteiger charge is -2.35. The molecule has 94 valence electrons. The van der Waals surface area contributed by atoms with E-state index in [-0.39, 0.29) is 0 Å². The third-order valence-electron chi connectivity index (χ3n) is 4.12. The summed E-state index contributed by atoms with van der Waals surface area (Å²) in [6, 6.07) is 1.31. The third-order valence-corrected chi connectivity index (χ3v) is 4.12. The lowest BCUT2D eigenvalue weighted by molar-refractivity contribution is 0.161. The van der Waals surface area contributed by atoms with Crippen LogP contribution in [-0.4, -0.2) is 49.8 Å². The Balaban J connectivity index is 1.75. The monoisotopic (exact) mass is 226 g/mol. The quantitative estimate of drug-likeness (QED) is 0.786. The molecule has 2 saturated heterocycles. The van der Waals surface area contributed by atoms with Crippen LogP contribution in [0.25, 0.3) is 0 Å². The number of rotatable bonds is 4. The van der Waals surface area contributed by atoms with Crippen LogP contribution in [-0.2, 0) is 4.74 Å². The Morgan fingerprint density at radius 2 is 2.31 bits per heavy atom. The molecule has 3 nitrogen and oxygen atoms in total. The van der Waals surface area contributed by atoms with Crippen molar-refractivity contribution < 1.29 is 4.74 Å². The molecule has 0 aromatic heterocycles. The molecule has 2 rings (SSSR count). The van der Waals surface area contributed by atoms with Crippen LogP contribution in [0.5, 0.6) is 0 Å². The second-order valence-corrected chi connectivity index (χ2v) is 5.31. The normalized spacial score (nSPS) is 34.1. The number of hydrogen-bond donors (Lipinski definition) is 1. The molecule has 1 N–H and O–H groups in total. The molecule has 0 aliphatic carbocycles. The topological polar surface area (TPSA) is 24.5 Å². The summed E-state index contributed by atoms with van der Waals surface area (Å²) in [5.74, 6) is 0.733. The van der Waals surface area contributed by atoms with E-state index >= 15 is 0 Å². The number of hydrogen-bond acceptors (Lipinski definition) is 3. The van der Waals surface area contributed by atoms with Crippen LogP contribution < -0.4 is 5.32 Å². The Bertz CT molecular complexity index is 204. The highest BCUT2D eigenvalue weighted by molar-refractivity contribution is 4.83. The van der Waals surface area contributed by atoms with Gasteiger partial charge in [-0.25, -0.2) is 0 Å². The van der Waals surface area contributed by atoms with E-state index in [2.05, 4.69) is 24.1 Å². The molecule has 3 heteroatoms. The van der Waals surface area contributed by atoms with Gasteiger partial charge >= 0.3 is 0 Å². The van der Waals surface area contributed by atoms with Gasteiger partial charge in [0.1, 0.15) is 0 Å². The lowest BCUT2D eigenvalue weighted by Crippen LogP contribution is -2.50. The summed E-state index contributed by atoms with van der Waals surface area (Å²) in [4.78, 5) is 2.55. The largest absolute Gasteiger partial charge is 0.381 e. The predicted molar refractivity (Wildman–Crippen MR) is 66.7 cm³/mol. The Morgan fingerprint density at radius 3 is 3.00 bits per heavy atom. The maximum Gasteiger partial charge on any atom is 0.0509 e. The molecule has 0 spiro atoms. The van der Waals surface area contributed by atoms with Crippen molar-refractivity contribution in [1.82, 2.24) is 10.2 Å². The van der Waals surface area contributed by atoms with Crippen LogP contribution in [0.15, 0.2) is 0 Å². The first-order valence-corrected chi connectivity index (χ1v) is 6.85. The van der Waals surface area contributed by atoms with Crippen molar-refractivity contribution in [1.29, 1.82) is 0 Å². The molecule has 2 aliphatic heterocycles. The number of nitrogens with zero attached hydrogens (tertiary/aromatic N) is 1. The number of likely N-dealkylation sites (tertiary alicyclic amines) is 1. The van der Waals surface area contributed by atoms with Crippen LogP contribution in [0.3, 0.4) is 0 Å². The first-order chi connectivity index (χ1) is 7.79. The first kappa shape index (κ1) is 12.3. The van der Waals surface area contributed by atoms with Crippen molar-refractivity contribution in [2.24, 2.45) is 5.92 Å². The van der Waals surface area contributed by atoms with Gasteiger partial charge in [0.15, 0.2) is 0 Å². The summed E-state index contributed by atoms with van der Waals surface area (Å²) < 4.78 is 5.46. The summed E-state index contributed by atoms with van der Waals surface area (Å²) in [6.45, 7) is 10.2. The third kappa shape index (κ3) is 3.19. The van der Waals surface area contributed by atoms with Gasteiger partial charge in [-0.15, -0.1) is 0 Å². The maximum absolute atomic E-state index is 5.46. The average Bonchev–Trinajstić information content (AvgIpc) is 2.83. The molecule has 0 aromatic carbocycles. The summed E-state index contributed by atoms with van der Waals surface area (Å²) >= 11 is 0. The van der Waals surface area contributed by atoms with Gasteiger partial charge in [-0.2, -0.15) is 0 Å². The first-order valence-electron chi connectivity index (χ1n) is 6.85. The van der Waals surface area contributed by atoms with Gasteiger partial charge in [-0.3, -0.25) is 0 Å². The zero-order valence-electron chi connectivity index (χ0n) is 10.7. The highest BCUT2D eigenvalue weighted by atomic mass is 16.5. The molecule has 0 bridgehead atoms. The molecule has 3 unspecified atom stereocenters. The molecule has 2 aliphatic rings. The van der Waals surface area contributed by atoms with Crippen LogP contribution in [0, 0.1) is 5.92 Å².